The van der Waals surface area contributed by atoms with Crippen LogP contribution in [0.15, 0.2) is 176 Å². The fourth-order valence-corrected chi connectivity index (χ4v) is 8.26. The molecule has 0 N–H and O–H groups in total. The fraction of sp³-hybridized carbons (Fsp3) is 0. The Hall–Kier alpha value is -6.84. The molecule has 1 aliphatic carbocycles. The highest BCUT2D eigenvalue weighted by molar-refractivity contribution is 6.26. The largest absolute Gasteiger partial charge is 0.309 e. The first-order chi connectivity index (χ1) is 25.3. The van der Waals surface area contributed by atoms with Crippen molar-refractivity contribution < 1.29 is 0 Å². The summed E-state index contributed by atoms with van der Waals surface area (Å²) in [5, 5.41) is 6.28. The maximum atomic E-state index is 5.12. The van der Waals surface area contributed by atoms with Gasteiger partial charge in [0.05, 0.1) is 22.2 Å². The van der Waals surface area contributed by atoms with Gasteiger partial charge in [-0.3, -0.25) is 0 Å². The van der Waals surface area contributed by atoms with E-state index in [2.05, 4.69) is 156 Å². The lowest BCUT2D eigenvalue weighted by molar-refractivity contribution is 1.18. The molecule has 51 heavy (non-hydrogen) atoms. The number of hydrogen-bond donors (Lipinski definition) is 0. The van der Waals surface area contributed by atoms with Gasteiger partial charge in [-0.05, 0) is 75.0 Å². The minimum Gasteiger partial charge on any atom is -0.309 e. The van der Waals surface area contributed by atoms with Crippen LogP contribution < -0.4 is 0 Å². The average molecular weight is 648 g/mol. The van der Waals surface area contributed by atoms with Gasteiger partial charge in [0.25, 0.3) is 0 Å². The normalized spacial score (nSPS) is 11.9. The zero-order valence-corrected chi connectivity index (χ0v) is 27.6. The molecule has 0 atom stereocenters. The first-order valence-electron chi connectivity index (χ1n) is 17.4. The van der Waals surface area contributed by atoms with Gasteiger partial charge < -0.3 is 4.57 Å². The SMILES string of the molecule is c1ccc(-c2nc(-c3ccccc3)c3cc(-c4ccc(-n5c6ccccc6c6c7c(ccc65)-c5cccc6cccc-7c56)cc4)ccc3n2)cc1. The van der Waals surface area contributed by atoms with E-state index in [9.17, 15) is 0 Å². The molecule has 1 aliphatic rings. The lowest BCUT2D eigenvalue weighted by Gasteiger charge is -2.12. The molecule has 0 radical (unpaired) electrons. The Balaban J connectivity index is 1.06. The molecular formula is C48H29N3. The Bertz CT molecular complexity index is 2990. The molecule has 11 rings (SSSR count). The van der Waals surface area contributed by atoms with E-state index >= 15 is 0 Å². The van der Waals surface area contributed by atoms with Crippen LogP contribution in [0, 0.1) is 0 Å². The van der Waals surface area contributed by atoms with Crippen LogP contribution in [0.25, 0.3) is 105 Å². The highest BCUT2D eigenvalue weighted by Crippen LogP contribution is 2.52. The smallest absolute Gasteiger partial charge is 0.160 e. The van der Waals surface area contributed by atoms with Crippen LogP contribution in [0.1, 0.15) is 0 Å². The molecule has 0 bridgehead atoms. The van der Waals surface area contributed by atoms with Gasteiger partial charge in [0.2, 0.25) is 0 Å². The second kappa shape index (κ2) is 10.8. The zero-order valence-electron chi connectivity index (χ0n) is 27.6. The van der Waals surface area contributed by atoms with Crippen molar-refractivity contribution in [1.29, 1.82) is 0 Å². The third-order valence-corrected chi connectivity index (χ3v) is 10.5. The predicted molar refractivity (Wildman–Crippen MR) is 212 cm³/mol. The van der Waals surface area contributed by atoms with Gasteiger partial charge in [0.1, 0.15) is 0 Å². The summed E-state index contributed by atoms with van der Waals surface area (Å²) in [5.41, 5.74) is 15.1. The van der Waals surface area contributed by atoms with Crippen LogP contribution in [0.3, 0.4) is 0 Å². The van der Waals surface area contributed by atoms with Crippen molar-refractivity contribution in [3.8, 4) is 61.7 Å². The molecule has 8 aromatic carbocycles. The molecule has 0 spiro atoms. The molecule has 2 heterocycles. The maximum Gasteiger partial charge on any atom is 0.160 e. The van der Waals surface area contributed by atoms with Gasteiger partial charge >= 0.3 is 0 Å². The van der Waals surface area contributed by atoms with E-state index < -0.39 is 0 Å². The number of hydrogen-bond acceptors (Lipinski definition) is 2. The fourth-order valence-electron chi connectivity index (χ4n) is 8.26. The number of nitrogens with zero attached hydrogens (tertiary/aromatic N) is 3. The minimum absolute atomic E-state index is 0.733. The Kier molecular flexibility index (Phi) is 5.96. The summed E-state index contributed by atoms with van der Waals surface area (Å²) in [6, 6.07) is 63.0. The molecule has 0 amide bonds. The summed E-state index contributed by atoms with van der Waals surface area (Å²) in [6.45, 7) is 0. The summed E-state index contributed by atoms with van der Waals surface area (Å²) >= 11 is 0. The molecule has 10 aromatic rings. The predicted octanol–water partition coefficient (Wildman–Crippen LogP) is 12.5. The molecule has 3 nitrogen and oxygen atoms in total. The lowest BCUT2D eigenvalue weighted by atomic mass is 9.98. The number of benzene rings is 8. The van der Waals surface area contributed by atoms with Crippen molar-refractivity contribution in [1.82, 2.24) is 14.5 Å². The first kappa shape index (κ1) is 28.0. The highest BCUT2D eigenvalue weighted by Gasteiger charge is 2.26. The Morgan fingerprint density at radius 2 is 1.10 bits per heavy atom. The van der Waals surface area contributed by atoms with Crippen LogP contribution in [0.4, 0.5) is 0 Å². The van der Waals surface area contributed by atoms with E-state index in [0.29, 0.717) is 0 Å². The van der Waals surface area contributed by atoms with Crippen LogP contribution in [0.2, 0.25) is 0 Å². The Labute approximate surface area is 294 Å². The standard InChI is InChI=1S/C48H29N3/c1-3-11-32(12-4-1)47-40-29-34(23-27-41(40)49-48(50-47)33-13-5-2-6-14-33)30-21-24-35(25-22-30)51-42-20-8-7-17-38(42)46-43(51)28-26-37-36-18-9-15-31-16-10-19-39(44(31)36)45(37)46/h1-29H. The Morgan fingerprint density at radius 1 is 0.392 bits per heavy atom. The van der Waals surface area contributed by atoms with Crippen molar-refractivity contribution in [3.63, 3.8) is 0 Å². The van der Waals surface area contributed by atoms with Crippen LogP contribution in [-0.4, -0.2) is 14.5 Å². The first-order valence-corrected chi connectivity index (χ1v) is 17.4. The van der Waals surface area contributed by atoms with Crippen molar-refractivity contribution in [2.75, 3.05) is 0 Å². The Morgan fingerprint density at radius 3 is 1.90 bits per heavy atom. The molecule has 0 aliphatic heterocycles. The molecule has 0 fully saturated rings. The van der Waals surface area contributed by atoms with Gasteiger partial charge in [0.15, 0.2) is 5.82 Å². The van der Waals surface area contributed by atoms with E-state index in [4.69, 9.17) is 9.97 Å². The topological polar surface area (TPSA) is 30.7 Å². The van der Waals surface area contributed by atoms with Crippen molar-refractivity contribution in [2.45, 2.75) is 0 Å². The van der Waals surface area contributed by atoms with E-state index in [1.165, 1.54) is 54.8 Å². The van der Waals surface area contributed by atoms with Gasteiger partial charge in [-0.1, -0.05) is 140 Å². The van der Waals surface area contributed by atoms with E-state index in [1.807, 2.05) is 24.3 Å². The second-order valence-electron chi connectivity index (χ2n) is 13.4. The molecule has 2 aromatic heterocycles. The number of para-hydroxylation sites is 1. The van der Waals surface area contributed by atoms with Gasteiger partial charge in [0, 0.05) is 38.5 Å². The molecule has 0 saturated carbocycles. The monoisotopic (exact) mass is 647 g/mol. The summed E-state index contributed by atoms with van der Waals surface area (Å²) in [7, 11) is 0. The third-order valence-electron chi connectivity index (χ3n) is 10.5. The van der Waals surface area contributed by atoms with Crippen LogP contribution in [0.5, 0.6) is 0 Å². The molecule has 0 saturated heterocycles. The molecular weight excluding hydrogens is 619 g/mol. The van der Waals surface area contributed by atoms with E-state index in [-0.39, 0.29) is 0 Å². The quantitative estimate of drug-likeness (QED) is 0.190. The van der Waals surface area contributed by atoms with Crippen molar-refractivity contribution >= 4 is 43.5 Å². The molecule has 3 heteroatoms. The highest BCUT2D eigenvalue weighted by atomic mass is 15.0. The lowest BCUT2D eigenvalue weighted by Crippen LogP contribution is -1.96. The van der Waals surface area contributed by atoms with Gasteiger partial charge in [-0.2, -0.15) is 0 Å². The number of rotatable bonds is 4. The zero-order chi connectivity index (χ0) is 33.5. The molecule has 0 unspecified atom stereocenters. The van der Waals surface area contributed by atoms with Crippen LogP contribution in [-0.2, 0) is 0 Å². The average Bonchev–Trinajstić information content (AvgIpc) is 3.72. The third kappa shape index (κ3) is 4.19. The maximum absolute atomic E-state index is 5.12. The van der Waals surface area contributed by atoms with E-state index in [1.54, 1.807) is 0 Å². The molecule has 236 valence electrons. The van der Waals surface area contributed by atoms with Gasteiger partial charge in [-0.25, -0.2) is 9.97 Å². The van der Waals surface area contributed by atoms with Crippen molar-refractivity contribution in [3.05, 3.63) is 176 Å². The van der Waals surface area contributed by atoms with Crippen molar-refractivity contribution in [2.24, 2.45) is 0 Å². The summed E-state index contributed by atoms with van der Waals surface area (Å²) in [4.78, 5) is 10.1. The van der Waals surface area contributed by atoms with Crippen LogP contribution >= 0.6 is 0 Å². The minimum atomic E-state index is 0.733. The second-order valence-corrected chi connectivity index (χ2v) is 13.4. The summed E-state index contributed by atoms with van der Waals surface area (Å²) in [6.07, 6.45) is 0. The number of aromatic nitrogens is 3. The number of fused-ring (bicyclic) bond motifs is 8. The van der Waals surface area contributed by atoms with E-state index in [0.717, 1.165) is 50.4 Å². The summed E-state index contributed by atoms with van der Waals surface area (Å²) < 4.78 is 2.42. The summed E-state index contributed by atoms with van der Waals surface area (Å²) in [5.74, 6) is 0.733. The van der Waals surface area contributed by atoms with Gasteiger partial charge in [-0.15, -0.1) is 0 Å².